The van der Waals surface area contributed by atoms with Crippen LogP contribution in [0.4, 0.5) is 0 Å². The first-order chi connectivity index (χ1) is 8.67. The van der Waals surface area contributed by atoms with Gasteiger partial charge in [-0.1, -0.05) is 0 Å². The lowest BCUT2D eigenvalue weighted by Crippen LogP contribution is -2.37. The minimum absolute atomic E-state index is 0.0261. The second-order valence-electron chi connectivity index (χ2n) is 4.52. The lowest BCUT2D eigenvalue weighted by Gasteiger charge is -2.19. The number of amides is 1. The first kappa shape index (κ1) is 12.8. The molecular weight excluding hydrogens is 230 g/mol. The molecule has 2 rings (SSSR count). The lowest BCUT2D eigenvalue weighted by atomic mass is 10.2. The number of aromatic nitrogens is 2. The Morgan fingerprint density at radius 3 is 2.78 bits per heavy atom. The normalized spacial score (nSPS) is 13.4. The number of carbonyl (C=O) groups excluding carboxylic acids is 1. The van der Waals surface area contributed by atoms with E-state index in [1.54, 1.807) is 4.90 Å². The summed E-state index contributed by atoms with van der Waals surface area (Å²) < 4.78 is 1.44. The molecule has 0 saturated carbocycles. The maximum atomic E-state index is 12.1. The predicted octanol–water partition coefficient (Wildman–Crippen LogP) is 0.600. The van der Waals surface area contributed by atoms with Gasteiger partial charge in [0.2, 0.25) is 5.91 Å². The molecular formula is C13H19N3O2. The van der Waals surface area contributed by atoms with Crippen molar-refractivity contribution in [2.45, 2.75) is 39.7 Å². The molecule has 1 aromatic rings. The molecule has 0 atom stereocenters. The molecule has 18 heavy (non-hydrogen) atoms. The van der Waals surface area contributed by atoms with E-state index in [4.69, 9.17) is 0 Å². The van der Waals surface area contributed by atoms with Crippen LogP contribution in [0.15, 0.2) is 11.1 Å². The van der Waals surface area contributed by atoms with Crippen molar-refractivity contribution < 1.29 is 4.79 Å². The summed E-state index contributed by atoms with van der Waals surface area (Å²) in [6.07, 6.45) is 4.18. The average molecular weight is 249 g/mol. The van der Waals surface area contributed by atoms with Crippen LogP contribution in [0.5, 0.6) is 0 Å². The summed E-state index contributed by atoms with van der Waals surface area (Å²) in [6, 6.07) is 0. The Labute approximate surface area is 106 Å². The highest BCUT2D eigenvalue weighted by atomic mass is 16.2. The van der Waals surface area contributed by atoms with Gasteiger partial charge < -0.3 is 4.90 Å². The van der Waals surface area contributed by atoms with Crippen LogP contribution in [0.3, 0.4) is 0 Å². The van der Waals surface area contributed by atoms with Gasteiger partial charge in [-0.15, -0.1) is 0 Å². The number of hydrogen-bond acceptors (Lipinski definition) is 3. The van der Waals surface area contributed by atoms with Crippen molar-refractivity contribution in [1.29, 1.82) is 0 Å². The van der Waals surface area contributed by atoms with Crippen molar-refractivity contribution in [1.82, 2.24) is 14.5 Å². The Bertz CT molecular complexity index is 503. The summed E-state index contributed by atoms with van der Waals surface area (Å²) >= 11 is 0. The molecule has 1 aromatic heterocycles. The topological polar surface area (TPSA) is 55.2 Å². The van der Waals surface area contributed by atoms with E-state index in [2.05, 4.69) is 4.98 Å². The molecule has 98 valence electrons. The first-order valence-corrected chi connectivity index (χ1v) is 6.52. The third-order valence-corrected chi connectivity index (χ3v) is 3.48. The maximum absolute atomic E-state index is 12.1. The van der Waals surface area contributed by atoms with Crippen LogP contribution in [-0.4, -0.2) is 33.4 Å². The number of likely N-dealkylation sites (N-methyl/N-ethyl adjacent to an activating group) is 1. The van der Waals surface area contributed by atoms with Gasteiger partial charge in [-0.05, 0) is 33.1 Å². The highest BCUT2D eigenvalue weighted by molar-refractivity contribution is 5.75. The molecule has 0 spiro atoms. The fourth-order valence-electron chi connectivity index (χ4n) is 2.40. The van der Waals surface area contributed by atoms with Gasteiger partial charge in [0.1, 0.15) is 6.54 Å². The van der Waals surface area contributed by atoms with E-state index in [0.29, 0.717) is 13.1 Å². The molecule has 0 bridgehead atoms. The largest absolute Gasteiger partial charge is 0.342 e. The Kier molecular flexibility index (Phi) is 3.79. The van der Waals surface area contributed by atoms with Gasteiger partial charge in [0.05, 0.1) is 12.0 Å². The number of aryl methyl sites for hydroxylation is 1. The van der Waals surface area contributed by atoms with Gasteiger partial charge >= 0.3 is 0 Å². The van der Waals surface area contributed by atoms with Crippen LogP contribution in [0.25, 0.3) is 0 Å². The van der Waals surface area contributed by atoms with Gasteiger partial charge in [0.25, 0.3) is 5.56 Å². The summed E-state index contributed by atoms with van der Waals surface area (Å²) in [5, 5.41) is 0. The van der Waals surface area contributed by atoms with E-state index in [1.807, 2.05) is 13.8 Å². The Hall–Kier alpha value is -1.65. The number of fused-ring (bicyclic) bond motifs is 1. The summed E-state index contributed by atoms with van der Waals surface area (Å²) in [6.45, 7) is 5.31. The molecule has 1 aliphatic carbocycles. The van der Waals surface area contributed by atoms with Crippen molar-refractivity contribution in [3.8, 4) is 0 Å². The SMILES string of the molecule is CCN(CC)C(=O)Cn1cnc2c(c1=O)CCC2. The van der Waals surface area contributed by atoms with Crippen LogP contribution >= 0.6 is 0 Å². The monoisotopic (exact) mass is 249 g/mol. The molecule has 1 aliphatic rings. The quantitative estimate of drug-likeness (QED) is 0.785. The molecule has 1 amide bonds. The molecule has 0 N–H and O–H groups in total. The molecule has 0 fully saturated rings. The summed E-state index contributed by atoms with van der Waals surface area (Å²) in [4.78, 5) is 30.1. The Morgan fingerprint density at radius 1 is 1.39 bits per heavy atom. The molecule has 5 heteroatoms. The maximum Gasteiger partial charge on any atom is 0.257 e. The smallest absolute Gasteiger partial charge is 0.257 e. The second-order valence-corrected chi connectivity index (χ2v) is 4.52. The third kappa shape index (κ3) is 2.30. The van der Waals surface area contributed by atoms with Crippen molar-refractivity contribution >= 4 is 5.91 Å². The van der Waals surface area contributed by atoms with Crippen LogP contribution < -0.4 is 5.56 Å². The minimum atomic E-state index is -0.0435. The zero-order valence-corrected chi connectivity index (χ0v) is 11.0. The fourth-order valence-corrected chi connectivity index (χ4v) is 2.40. The highest BCUT2D eigenvalue weighted by Crippen LogP contribution is 2.14. The summed E-state index contributed by atoms with van der Waals surface area (Å²) in [5.41, 5.74) is 1.66. The third-order valence-electron chi connectivity index (χ3n) is 3.48. The minimum Gasteiger partial charge on any atom is -0.342 e. The van der Waals surface area contributed by atoms with E-state index in [1.165, 1.54) is 10.9 Å². The second kappa shape index (κ2) is 5.33. The highest BCUT2D eigenvalue weighted by Gasteiger charge is 2.19. The standard InChI is InChI=1S/C13H19N3O2/c1-3-15(4-2)12(17)8-16-9-14-11-7-5-6-10(11)13(16)18/h9H,3-8H2,1-2H3. The van der Waals surface area contributed by atoms with E-state index in [-0.39, 0.29) is 18.0 Å². The summed E-state index contributed by atoms with van der Waals surface area (Å²) in [5.74, 6) is -0.0261. The first-order valence-electron chi connectivity index (χ1n) is 6.52. The van der Waals surface area contributed by atoms with E-state index < -0.39 is 0 Å². The molecule has 0 radical (unpaired) electrons. The van der Waals surface area contributed by atoms with Gasteiger partial charge in [-0.25, -0.2) is 4.98 Å². The van der Waals surface area contributed by atoms with Gasteiger partial charge in [0.15, 0.2) is 0 Å². The molecule has 1 heterocycles. The van der Waals surface area contributed by atoms with E-state index in [0.717, 1.165) is 30.5 Å². The van der Waals surface area contributed by atoms with Crippen molar-refractivity contribution in [2.24, 2.45) is 0 Å². The predicted molar refractivity (Wildman–Crippen MR) is 68.5 cm³/mol. The van der Waals surface area contributed by atoms with Crippen LogP contribution in [0.1, 0.15) is 31.5 Å². The lowest BCUT2D eigenvalue weighted by molar-refractivity contribution is -0.131. The Balaban J connectivity index is 2.21. The summed E-state index contributed by atoms with van der Waals surface area (Å²) in [7, 11) is 0. The van der Waals surface area contributed by atoms with Crippen LogP contribution in [-0.2, 0) is 24.2 Å². The Morgan fingerprint density at radius 2 is 2.11 bits per heavy atom. The number of rotatable bonds is 4. The van der Waals surface area contributed by atoms with E-state index >= 15 is 0 Å². The van der Waals surface area contributed by atoms with Crippen molar-refractivity contribution in [3.63, 3.8) is 0 Å². The average Bonchev–Trinajstić information content (AvgIpc) is 2.83. The zero-order valence-electron chi connectivity index (χ0n) is 11.0. The van der Waals surface area contributed by atoms with Crippen molar-refractivity contribution in [3.05, 3.63) is 27.9 Å². The van der Waals surface area contributed by atoms with Crippen LogP contribution in [0, 0.1) is 0 Å². The van der Waals surface area contributed by atoms with Crippen molar-refractivity contribution in [2.75, 3.05) is 13.1 Å². The molecule has 0 saturated heterocycles. The number of carbonyl (C=O) groups is 1. The van der Waals surface area contributed by atoms with Gasteiger partial charge in [-0.3, -0.25) is 14.2 Å². The van der Waals surface area contributed by atoms with Gasteiger partial charge in [-0.2, -0.15) is 0 Å². The molecule has 0 unspecified atom stereocenters. The zero-order chi connectivity index (χ0) is 13.1. The fraction of sp³-hybridized carbons (Fsp3) is 0.615. The number of nitrogens with zero attached hydrogens (tertiary/aromatic N) is 3. The molecule has 0 aliphatic heterocycles. The van der Waals surface area contributed by atoms with Crippen LogP contribution in [0.2, 0.25) is 0 Å². The molecule has 5 nitrogen and oxygen atoms in total. The van der Waals surface area contributed by atoms with E-state index in [9.17, 15) is 9.59 Å². The molecule has 0 aromatic carbocycles. The number of hydrogen-bond donors (Lipinski definition) is 0. The van der Waals surface area contributed by atoms with Gasteiger partial charge in [0, 0.05) is 18.7 Å².